The number of hydrogen-bond donors (Lipinski definition) is 2. The third-order valence-electron chi connectivity index (χ3n) is 4.32. The van der Waals surface area contributed by atoms with Crippen LogP contribution in [0.5, 0.6) is 0 Å². The number of halogens is 1. The lowest BCUT2D eigenvalue weighted by atomic mass is 10.1. The maximum absolute atomic E-state index is 12.8. The van der Waals surface area contributed by atoms with Gasteiger partial charge in [0.15, 0.2) is 0 Å². The third-order valence-corrected chi connectivity index (χ3v) is 4.32. The molecule has 2 amide bonds. The molecule has 2 aromatic rings. The molecule has 1 heterocycles. The molecule has 0 radical (unpaired) electrons. The van der Waals surface area contributed by atoms with Crippen LogP contribution in [-0.4, -0.2) is 24.9 Å². The fourth-order valence-electron chi connectivity index (χ4n) is 3.00. The van der Waals surface area contributed by atoms with Gasteiger partial charge in [0.2, 0.25) is 11.8 Å². The minimum absolute atomic E-state index is 0.300. The molecule has 0 bridgehead atoms. The molecule has 5 nitrogen and oxygen atoms in total. The third kappa shape index (κ3) is 5.05. The molecule has 0 aromatic heterocycles. The largest absolute Gasteiger partial charge is 0.372 e. The molecule has 0 unspecified atom stereocenters. The quantitative estimate of drug-likeness (QED) is 0.803. The second kappa shape index (κ2) is 8.47. The highest BCUT2D eigenvalue weighted by Gasteiger charge is 2.12. The predicted octanol–water partition coefficient (Wildman–Crippen LogP) is 3.78. The number of hydrogen-bond acceptors (Lipinski definition) is 3. The first-order valence-electron chi connectivity index (χ1n) is 8.80. The molecule has 3 rings (SSSR count). The van der Waals surface area contributed by atoms with Crippen molar-refractivity contribution in [3.05, 3.63) is 54.3 Å². The standard InChI is InChI=1S/C20H22FN3O2/c21-15-4-6-16(7-5-15)22-19(25)14-20(26)23-17-8-10-18(11-9-17)24-12-2-1-3-13-24/h4-11H,1-3,12-14H2,(H,22,25)(H,23,26). The van der Waals surface area contributed by atoms with E-state index in [-0.39, 0.29) is 12.2 Å². The lowest BCUT2D eigenvalue weighted by Gasteiger charge is -2.28. The topological polar surface area (TPSA) is 61.4 Å². The van der Waals surface area contributed by atoms with Gasteiger partial charge < -0.3 is 15.5 Å². The summed E-state index contributed by atoms with van der Waals surface area (Å²) in [7, 11) is 0. The van der Waals surface area contributed by atoms with E-state index in [9.17, 15) is 14.0 Å². The molecule has 2 aromatic carbocycles. The first-order chi connectivity index (χ1) is 12.6. The average Bonchev–Trinajstić information content (AvgIpc) is 2.65. The number of rotatable bonds is 5. The van der Waals surface area contributed by atoms with Crippen LogP contribution >= 0.6 is 0 Å². The average molecular weight is 355 g/mol. The van der Waals surface area contributed by atoms with Crippen LogP contribution in [0.2, 0.25) is 0 Å². The number of anilines is 3. The van der Waals surface area contributed by atoms with Gasteiger partial charge in [0.25, 0.3) is 0 Å². The Morgan fingerprint density at radius 2 is 1.31 bits per heavy atom. The van der Waals surface area contributed by atoms with Gasteiger partial charge in [0.05, 0.1) is 0 Å². The van der Waals surface area contributed by atoms with Crippen molar-refractivity contribution in [2.75, 3.05) is 28.6 Å². The summed E-state index contributed by atoms with van der Waals surface area (Å²) in [6.07, 6.45) is 3.40. The molecule has 0 aliphatic carbocycles. The Morgan fingerprint density at radius 3 is 1.85 bits per heavy atom. The number of carbonyl (C=O) groups is 2. The van der Waals surface area contributed by atoms with Gasteiger partial charge in [-0.3, -0.25) is 9.59 Å². The number of amides is 2. The molecule has 6 heteroatoms. The minimum Gasteiger partial charge on any atom is -0.372 e. The van der Waals surface area contributed by atoms with Crippen LogP contribution in [0.1, 0.15) is 25.7 Å². The van der Waals surface area contributed by atoms with Crippen LogP contribution in [0.25, 0.3) is 0 Å². The van der Waals surface area contributed by atoms with E-state index >= 15 is 0 Å². The highest BCUT2D eigenvalue weighted by Crippen LogP contribution is 2.21. The number of benzene rings is 2. The van der Waals surface area contributed by atoms with E-state index in [1.54, 1.807) is 0 Å². The van der Waals surface area contributed by atoms with Crippen LogP contribution in [-0.2, 0) is 9.59 Å². The van der Waals surface area contributed by atoms with Crippen LogP contribution in [0.4, 0.5) is 21.5 Å². The monoisotopic (exact) mass is 355 g/mol. The molecule has 2 N–H and O–H groups in total. The summed E-state index contributed by atoms with van der Waals surface area (Å²) in [6.45, 7) is 2.13. The second-order valence-electron chi connectivity index (χ2n) is 6.37. The van der Waals surface area contributed by atoms with E-state index in [4.69, 9.17) is 0 Å². The van der Waals surface area contributed by atoms with Gasteiger partial charge in [-0.1, -0.05) is 0 Å². The molecule has 0 saturated carbocycles. The summed E-state index contributed by atoms with van der Waals surface area (Å²) in [5, 5.41) is 5.28. The van der Waals surface area contributed by atoms with Crippen LogP contribution in [0.3, 0.4) is 0 Å². The van der Waals surface area contributed by atoms with Crippen molar-refractivity contribution in [3.63, 3.8) is 0 Å². The van der Waals surface area contributed by atoms with E-state index in [0.29, 0.717) is 11.4 Å². The van der Waals surface area contributed by atoms with Crippen molar-refractivity contribution in [2.24, 2.45) is 0 Å². The maximum Gasteiger partial charge on any atom is 0.233 e. The van der Waals surface area contributed by atoms with Crippen LogP contribution < -0.4 is 15.5 Å². The molecule has 26 heavy (non-hydrogen) atoms. The van der Waals surface area contributed by atoms with Crippen molar-refractivity contribution >= 4 is 28.9 Å². The Labute approximate surface area is 152 Å². The van der Waals surface area contributed by atoms with Gasteiger partial charge in [-0.25, -0.2) is 4.39 Å². The van der Waals surface area contributed by atoms with Gasteiger partial charge in [-0.15, -0.1) is 0 Å². The molecular formula is C20H22FN3O2. The second-order valence-corrected chi connectivity index (χ2v) is 6.37. The molecular weight excluding hydrogens is 333 g/mol. The van der Waals surface area contributed by atoms with Crippen molar-refractivity contribution in [3.8, 4) is 0 Å². The summed E-state index contributed by atoms with van der Waals surface area (Å²) < 4.78 is 12.8. The zero-order valence-electron chi connectivity index (χ0n) is 14.5. The summed E-state index contributed by atoms with van der Waals surface area (Å²) in [4.78, 5) is 26.2. The summed E-state index contributed by atoms with van der Waals surface area (Å²) in [6, 6.07) is 13.1. The Hall–Kier alpha value is -2.89. The van der Waals surface area contributed by atoms with Gasteiger partial charge in [-0.05, 0) is 67.8 Å². The molecule has 0 atom stereocenters. The predicted molar refractivity (Wildman–Crippen MR) is 101 cm³/mol. The van der Waals surface area contributed by atoms with Gasteiger partial charge in [-0.2, -0.15) is 0 Å². The van der Waals surface area contributed by atoms with Crippen molar-refractivity contribution in [1.29, 1.82) is 0 Å². The fraction of sp³-hybridized carbons (Fsp3) is 0.300. The zero-order chi connectivity index (χ0) is 18.4. The van der Waals surface area contributed by atoms with Crippen molar-refractivity contribution in [1.82, 2.24) is 0 Å². The maximum atomic E-state index is 12.8. The Bertz CT molecular complexity index is 754. The van der Waals surface area contributed by atoms with Gasteiger partial charge >= 0.3 is 0 Å². The lowest BCUT2D eigenvalue weighted by molar-refractivity contribution is -0.123. The number of carbonyl (C=O) groups excluding carboxylic acids is 2. The zero-order valence-corrected chi connectivity index (χ0v) is 14.5. The Kier molecular flexibility index (Phi) is 5.84. The smallest absolute Gasteiger partial charge is 0.233 e. The van der Waals surface area contributed by atoms with Crippen molar-refractivity contribution in [2.45, 2.75) is 25.7 Å². The SMILES string of the molecule is O=C(CC(=O)Nc1ccc(N2CCCCC2)cc1)Nc1ccc(F)cc1. The first kappa shape index (κ1) is 17.9. The molecule has 1 fully saturated rings. The highest BCUT2D eigenvalue weighted by atomic mass is 19.1. The van der Waals surface area contributed by atoms with Gasteiger partial charge in [0.1, 0.15) is 12.2 Å². The van der Waals surface area contributed by atoms with E-state index < -0.39 is 11.8 Å². The first-order valence-corrected chi connectivity index (χ1v) is 8.80. The van der Waals surface area contributed by atoms with E-state index in [2.05, 4.69) is 15.5 Å². The van der Waals surface area contributed by atoms with Crippen LogP contribution in [0.15, 0.2) is 48.5 Å². The van der Waals surface area contributed by atoms with E-state index in [1.165, 1.54) is 43.5 Å². The lowest BCUT2D eigenvalue weighted by Crippen LogP contribution is -2.29. The summed E-state index contributed by atoms with van der Waals surface area (Å²) >= 11 is 0. The number of nitrogens with zero attached hydrogens (tertiary/aromatic N) is 1. The number of nitrogens with one attached hydrogen (secondary N) is 2. The summed E-state index contributed by atoms with van der Waals surface area (Å²) in [5.41, 5.74) is 2.26. The number of piperidine rings is 1. The summed E-state index contributed by atoms with van der Waals surface area (Å²) in [5.74, 6) is -1.22. The molecule has 1 aliphatic rings. The van der Waals surface area contributed by atoms with Gasteiger partial charge in [0, 0.05) is 30.2 Å². The fourth-order valence-corrected chi connectivity index (χ4v) is 3.00. The molecule has 1 aliphatic heterocycles. The Morgan fingerprint density at radius 1 is 0.808 bits per heavy atom. The molecule has 0 spiro atoms. The van der Waals surface area contributed by atoms with Crippen LogP contribution in [0, 0.1) is 5.82 Å². The van der Waals surface area contributed by atoms with E-state index in [0.717, 1.165) is 18.8 Å². The Balaban J connectivity index is 1.49. The molecule has 136 valence electrons. The molecule has 1 saturated heterocycles. The minimum atomic E-state index is -0.445. The highest BCUT2D eigenvalue weighted by molar-refractivity contribution is 6.08. The normalized spacial score (nSPS) is 14.0. The van der Waals surface area contributed by atoms with E-state index in [1.807, 2.05) is 24.3 Å². The van der Waals surface area contributed by atoms with Crippen molar-refractivity contribution < 1.29 is 14.0 Å².